The molecular weight excluding hydrogens is 276 g/mol. The molecule has 22 heavy (non-hydrogen) atoms. The molecule has 4 nitrogen and oxygen atoms in total. The predicted molar refractivity (Wildman–Crippen MR) is 92.4 cm³/mol. The van der Waals surface area contributed by atoms with Gasteiger partial charge in [0.2, 0.25) is 5.91 Å². The van der Waals surface area contributed by atoms with Crippen molar-refractivity contribution in [1.29, 1.82) is 0 Å². The Morgan fingerprint density at radius 1 is 1.23 bits per heavy atom. The quantitative estimate of drug-likeness (QED) is 0.670. The minimum atomic E-state index is 0.124. The third kappa shape index (κ3) is 6.20. The highest BCUT2D eigenvalue weighted by Gasteiger charge is 2.12. The highest BCUT2D eigenvalue weighted by atomic mass is 16.5. The highest BCUT2D eigenvalue weighted by Crippen LogP contribution is 2.23. The van der Waals surface area contributed by atoms with Gasteiger partial charge < -0.3 is 15.0 Å². The lowest BCUT2D eigenvalue weighted by Gasteiger charge is -2.22. The van der Waals surface area contributed by atoms with E-state index in [-0.39, 0.29) is 12.5 Å². The second-order valence-corrected chi connectivity index (χ2v) is 5.48. The first-order chi connectivity index (χ1) is 10.6. The van der Waals surface area contributed by atoms with E-state index in [9.17, 15) is 4.79 Å². The number of carbonyl (C=O) groups excluding carboxylic acids is 1. The van der Waals surface area contributed by atoms with Crippen LogP contribution in [0.2, 0.25) is 0 Å². The molecule has 0 aromatic heterocycles. The fourth-order valence-corrected chi connectivity index (χ4v) is 2.12. The van der Waals surface area contributed by atoms with Gasteiger partial charge in [-0.1, -0.05) is 32.6 Å². The molecule has 0 unspecified atom stereocenters. The molecule has 4 heteroatoms. The summed E-state index contributed by atoms with van der Waals surface area (Å²) >= 11 is 0. The second kappa shape index (κ2) is 9.87. The average molecular weight is 304 g/mol. The third-order valence-electron chi connectivity index (χ3n) is 3.13. The van der Waals surface area contributed by atoms with Gasteiger partial charge in [-0.2, -0.15) is 0 Å². The standard InChI is InChI=1S/C18H28N2O2/c1-5-11-20(12-6-2)18(21)13-19-16-9-7-8-10-17(16)22-14-15(3)4/h7-10,19H,3,5-6,11-14H2,1-2,4H3. The summed E-state index contributed by atoms with van der Waals surface area (Å²) in [7, 11) is 0. The first kappa shape index (κ1) is 18.1. The topological polar surface area (TPSA) is 41.6 Å². The zero-order valence-electron chi connectivity index (χ0n) is 14.0. The Morgan fingerprint density at radius 2 is 1.86 bits per heavy atom. The minimum absolute atomic E-state index is 0.124. The van der Waals surface area contributed by atoms with Gasteiger partial charge in [-0.3, -0.25) is 4.79 Å². The van der Waals surface area contributed by atoms with Crippen molar-refractivity contribution in [3.63, 3.8) is 0 Å². The summed E-state index contributed by atoms with van der Waals surface area (Å²) in [5, 5.41) is 3.19. The van der Waals surface area contributed by atoms with Gasteiger partial charge in [0.1, 0.15) is 12.4 Å². The van der Waals surface area contributed by atoms with E-state index >= 15 is 0 Å². The fraction of sp³-hybridized carbons (Fsp3) is 0.500. The van der Waals surface area contributed by atoms with E-state index < -0.39 is 0 Å². The normalized spacial score (nSPS) is 10.1. The molecule has 0 radical (unpaired) electrons. The molecule has 1 aromatic carbocycles. The Balaban J connectivity index is 2.62. The van der Waals surface area contributed by atoms with Gasteiger partial charge in [0.25, 0.3) is 0 Å². The van der Waals surface area contributed by atoms with E-state index in [0.29, 0.717) is 6.61 Å². The molecular formula is C18H28N2O2. The zero-order valence-corrected chi connectivity index (χ0v) is 14.0. The molecule has 1 N–H and O–H groups in total. The SMILES string of the molecule is C=C(C)COc1ccccc1NCC(=O)N(CCC)CCC. The molecule has 0 aliphatic rings. The number of rotatable bonds is 10. The monoisotopic (exact) mass is 304 g/mol. The lowest BCUT2D eigenvalue weighted by atomic mass is 10.2. The number of nitrogens with one attached hydrogen (secondary N) is 1. The zero-order chi connectivity index (χ0) is 16.4. The molecule has 0 saturated carbocycles. The Hall–Kier alpha value is -1.97. The summed E-state index contributed by atoms with van der Waals surface area (Å²) in [6.45, 7) is 12.3. The van der Waals surface area contributed by atoms with E-state index in [0.717, 1.165) is 42.9 Å². The molecule has 1 aromatic rings. The van der Waals surface area contributed by atoms with Crippen molar-refractivity contribution < 1.29 is 9.53 Å². The maximum atomic E-state index is 12.3. The Bertz CT molecular complexity index is 480. The largest absolute Gasteiger partial charge is 0.487 e. The van der Waals surface area contributed by atoms with Gasteiger partial charge in [-0.25, -0.2) is 0 Å². The summed E-state index contributed by atoms with van der Waals surface area (Å²) in [6, 6.07) is 7.66. The molecule has 1 rings (SSSR count). The van der Waals surface area contributed by atoms with Crippen molar-refractivity contribution in [3.05, 3.63) is 36.4 Å². The number of para-hydroxylation sites is 2. The molecule has 1 amide bonds. The highest BCUT2D eigenvalue weighted by molar-refractivity contribution is 5.81. The van der Waals surface area contributed by atoms with Crippen molar-refractivity contribution in [2.75, 3.05) is 31.6 Å². The smallest absolute Gasteiger partial charge is 0.241 e. The first-order valence-electron chi connectivity index (χ1n) is 7.96. The van der Waals surface area contributed by atoms with Crippen LogP contribution in [0.4, 0.5) is 5.69 Å². The lowest BCUT2D eigenvalue weighted by Crippen LogP contribution is -2.36. The van der Waals surface area contributed by atoms with Gasteiger partial charge >= 0.3 is 0 Å². The third-order valence-corrected chi connectivity index (χ3v) is 3.13. The number of carbonyl (C=O) groups is 1. The van der Waals surface area contributed by atoms with E-state index in [2.05, 4.69) is 25.7 Å². The molecule has 0 saturated heterocycles. The van der Waals surface area contributed by atoms with Crippen molar-refractivity contribution >= 4 is 11.6 Å². The van der Waals surface area contributed by atoms with Crippen molar-refractivity contribution in [3.8, 4) is 5.75 Å². The van der Waals surface area contributed by atoms with Crippen LogP contribution in [0.3, 0.4) is 0 Å². The summed E-state index contributed by atoms with van der Waals surface area (Å²) in [5.41, 5.74) is 1.80. The van der Waals surface area contributed by atoms with E-state index in [1.54, 1.807) is 0 Å². The van der Waals surface area contributed by atoms with Crippen LogP contribution in [0.1, 0.15) is 33.6 Å². The van der Waals surface area contributed by atoms with Gasteiger partial charge in [0.15, 0.2) is 0 Å². The number of amides is 1. The Labute approximate surface area is 134 Å². The molecule has 0 spiro atoms. The average Bonchev–Trinajstić information content (AvgIpc) is 2.51. The van der Waals surface area contributed by atoms with Crippen LogP contribution < -0.4 is 10.1 Å². The van der Waals surface area contributed by atoms with Gasteiger partial charge in [0, 0.05) is 13.1 Å². The van der Waals surface area contributed by atoms with E-state index in [4.69, 9.17) is 4.74 Å². The van der Waals surface area contributed by atoms with E-state index in [1.807, 2.05) is 36.1 Å². The molecule has 0 aliphatic carbocycles. The summed E-state index contributed by atoms with van der Waals surface area (Å²) in [5.74, 6) is 0.870. The Kier molecular flexibility index (Phi) is 8.11. The van der Waals surface area contributed by atoms with Crippen molar-refractivity contribution in [2.45, 2.75) is 33.6 Å². The van der Waals surface area contributed by atoms with Crippen molar-refractivity contribution in [1.82, 2.24) is 4.90 Å². The van der Waals surface area contributed by atoms with Crippen LogP contribution in [0.5, 0.6) is 5.75 Å². The number of hydrogen-bond acceptors (Lipinski definition) is 3. The summed E-state index contributed by atoms with van der Waals surface area (Å²) in [4.78, 5) is 14.2. The lowest BCUT2D eigenvalue weighted by molar-refractivity contribution is -0.129. The predicted octanol–water partition coefficient (Wildman–Crippen LogP) is 3.70. The van der Waals surface area contributed by atoms with Crippen LogP contribution in [-0.4, -0.2) is 37.0 Å². The molecule has 122 valence electrons. The molecule has 0 heterocycles. The van der Waals surface area contributed by atoms with Crippen LogP contribution >= 0.6 is 0 Å². The van der Waals surface area contributed by atoms with Gasteiger partial charge in [0.05, 0.1) is 12.2 Å². The van der Waals surface area contributed by atoms with Gasteiger partial charge in [-0.15, -0.1) is 0 Å². The molecule has 0 atom stereocenters. The first-order valence-corrected chi connectivity index (χ1v) is 7.96. The van der Waals surface area contributed by atoms with Crippen LogP contribution in [0.25, 0.3) is 0 Å². The maximum absolute atomic E-state index is 12.3. The molecule has 0 fully saturated rings. The van der Waals surface area contributed by atoms with Crippen LogP contribution in [-0.2, 0) is 4.79 Å². The summed E-state index contributed by atoms with van der Waals surface area (Å²) in [6.07, 6.45) is 1.95. The Morgan fingerprint density at radius 3 is 2.45 bits per heavy atom. The molecule has 0 aliphatic heterocycles. The number of nitrogens with zero attached hydrogens (tertiary/aromatic N) is 1. The minimum Gasteiger partial charge on any atom is -0.487 e. The number of benzene rings is 1. The fourth-order valence-electron chi connectivity index (χ4n) is 2.12. The number of ether oxygens (including phenoxy) is 1. The summed E-state index contributed by atoms with van der Waals surface area (Å²) < 4.78 is 5.70. The molecule has 0 bridgehead atoms. The van der Waals surface area contributed by atoms with Crippen molar-refractivity contribution in [2.24, 2.45) is 0 Å². The van der Waals surface area contributed by atoms with Gasteiger partial charge in [-0.05, 0) is 37.5 Å². The number of anilines is 1. The number of hydrogen-bond donors (Lipinski definition) is 1. The van der Waals surface area contributed by atoms with Crippen LogP contribution in [0, 0.1) is 0 Å². The second-order valence-electron chi connectivity index (χ2n) is 5.48. The van der Waals surface area contributed by atoms with Crippen LogP contribution in [0.15, 0.2) is 36.4 Å². The van der Waals surface area contributed by atoms with E-state index in [1.165, 1.54) is 0 Å². The maximum Gasteiger partial charge on any atom is 0.241 e.